The Labute approximate surface area is 115 Å². The van der Waals surface area contributed by atoms with Crippen LogP contribution in [0.25, 0.3) is 0 Å². The summed E-state index contributed by atoms with van der Waals surface area (Å²) in [5, 5.41) is 9.31. The zero-order valence-corrected chi connectivity index (χ0v) is 10.8. The van der Waals surface area contributed by atoms with E-state index in [4.69, 9.17) is 0 Å². The predicted molar refractivity (Wildman–Crippen MR) is 66.7 cm³/mol. The van der Waals surface area contributed by atoms with Crippen molar-refractivity contribution >= 4 is 5.78 Å². The molecule has 0 N–H and O–H groups in total. The van der Waals surface area contributed by atoms with E-state index >= 15 is 0 Å². The zero-order chi connectivity index (χ0) is 14.8. The number of alkyl halides is 3. The molecule has 1 aromatic rings. The lowest BCUT2D eigenvalue weighted by Crippen LogP contribution is -2.35. The molecule has 2 rings (SSSR count). The monoisotopic (exact) mass is 281 g/mol. The molecular formula is C15H14F3NO. The molecule has 0 amide bonds. The van der Waals surface area contributed by atoms with Crippen molar-refractivity contribution in [2.45, 2.75) is 38.3 Å². The molecule has 1 fully saturated rings. The zero-order valence-electron chi connectivity index (χ0n) is 10.8. The lowest BCUT2D eigenvalue weighted by atomic mass is 9.70. The molecule has 20 heavy (non-hydrogen) atoms. The van der Waals surface area contributed by atoms with Crippen molar-refractivity contribution in [1.29, 1.82) is 5.26 Å². The molecule has 0 radical (unpaired) electrons. The molecule has 1 atom stereocenters. The van der Waals surface area contributed by atoms with Gasteiger partial charge in [0.2, 0.25) is 0 Å². The maximum absolute atomic E-state index is 12.7. The summed E-state index contributed by atoms with van der Waals surface area (Å²) in [4.78, 5) is 12.0. The molecule has 1 unspecified atom stereocenters. The van der Waals surface area contributed by atoms with Crippen molar-refractivity contribution in [2.24, 2.45) is 5.41 Å². The minimum absolute atomic E-state index is 0.0618. The number of ketones is 1. The highest BCUT2D eigenvalue weighted by Gasteiger charge is 2.40. The number of carbonyl (C=O) groups is 1. The van der Waals surface area contributed by atoms with E-state index in [0.717, 1.165) is 25.0 Å². The number of benzene rings is 1. The first-order chi connectivity index (χ1) is 9.37. The molecule has 1 saturated carbocycles. The number of rotatable bonds is 2. The van der Waals surface area contributed by atoms with Gasteiger partial charge < -0.3 is 0 Å². The van der Waals surface area contributed by atoms with Crippen LogP contribution in [0.5, 0.6) is 0 Å². The molecule has 1 aliphatic carbocycles. The highest BCUT2D eigenvalue weighted by atomic mass is 19.4. The molecule has 106 valence electrons. The molecule has 0 aromatic heterocycles. The molecule has 1 aliphatic rings. The maximum Gasteiger partial charge on any atom is 0.416 e. The first-order valence-electron chi connectivity index (χ1n) is 6.48. The number of nitriles is 1. The summed E-state index contributed by atoms with van der Waals surface area (Å²) < 4.78 is 38.0. The van der Waals surface area contributed by atoms with Gasteiger partial charge in [-0.2, -0.15) is 18.4 Å². The summed E-state index contributed by atoms with van der Waals surface area (Å²) in [7, 11) is 0. The number of hydrogen-bond donors (Lipinski definition) is 0. The van der Waals surface area contributed by atoms with Crippen molar-refractivity contribution < 1.29 is 18.0 Å². The van der Waals surface area contributed by atoms with Crippen LogP contribution in [0.1, 0.15) is 36.8 Å². The molecule has 0 saturated heterocycles. The third-order valence-corrected chi connectivity index (χ3v) is 3.77. The highest BCUT2D eigenvalue weighted by molar-refractivity contribution is 5.88. The predicted octanol–water partition coefficient (Wildman–Crippen LogP) is 3.90. The second kappa shape index (κ2) is 5.28. The summed E-state index contributed by atoms with van der Waals surface area (Å²) >= 11 is 0. The molecule has 0 heterocycles. The van der Waals surface area contributed by atoms with Crippen LogP contribution in [0.3, 0.4) is 0 Å². The Bertz CT molecular complexity index is 559. The van der Waals surface area contributed by atoms with E-state index in [1.807, 2.05) is 6.07 Å². The van der Waals surface area contributed by atoms with E-state index in [-0.39, 0.29) is 12.2 Å². The van der Waals surface area contributed by atoms with Gasteiger partial charge >= 0.3 is 6.18 Å². The average molecular weight is 281 g/mol. The van der Waals surface area contributed by atoms with Crippen LogP contribution in [0, 0.1) is 16.7 Å². The van der Waals surface area contributed by atoms with Gasteiger partial charge in [0.1, 0.15) is 5.41 Å². The fourth-order valence-corrected chi connectivity index (χ4v) is 2.64. The van der Waals surface area contributed by atoms with Crippen LogP contribution in [0.2, 0.25) is 0 Å². The van der Waals surface area contributed by atoms with Crippen LogP contribution < -0.4 is 0 Å². The number of hydrogen-bond acceptors (Lipinski definition) is 2. The van der Waals surface area contributed by atoms with Crippen LogP contribution in [-0.2, 0) is 17.4 Å². The molecular weight excluding hydrogens is 267 g/mol. The summed E-state index contributed by atoms with van der Waals surface area (Å²) in [6.07, 6.45) is -2.06. The Morgan fingerprint density at radius 1 is 1.30 bits per heavy atom. The van der Waals surface area contributed by atoms with Gasteiger partial charge in [0.15, 0.2) is 5.78 Å². The van der Waals surface area contributed by atoms with Crippen LogP contribution in [0.4, 0.5) is 13.2 Å². The van der Waals surface area contributed by atoms with Crippen molar-refractivity contribution in [1.82, 2.24) is 0 Å². The summed E-state index contributed by atoms with van der Waals surface area (Å²) in [6.45, 7) is 0. The number of nitrogens with zero attached hydrogens (tertiary/aromatic N) is 1. The molecule has 2 nitrogen and oxygen atoms in total. The standard InChI is InChI=1S/C15H14F3NO/c16-15(17,18)12-5-3-4-11(8-12)9-14(10-19)7-2-1-6-13(14)20/h3-5,8H,1-2,6-7,9H2. The normalized spacial score (nSPS) is 23.4. The first kappa shape index (κ1) is 14.6. The van der Waals surface area contributed by atoms with Gasteiger partial charge in [-0.15, -0.1) is 0 Å². The van der Waals surface area contributed by atoms with Crippen LogP contribution >= 0.6 is 0 Å². The molecule has 0 aliphatic heterocycles. The Balaban J connectivity index is 2.29. The Kier molecular flexibility index (Phi) is 3.85. The van der Waals surface area contributed by atoms with E-state index in [1.165, 1.54) is 12.1 Å². The van der Waals surface area contributed by atoms with Crippen LogP contribution in [0.15, 0.2) is 24.3 Å². The molecule has 5 heteroatoms. The van der Waals surface area contributed by atoms with Gasteiger partial charge in [-0.05, 0) is 30.9 Å². The van der Waals surface area contributed by atoms with Gasteiger partial charge in [0, 0.05) is 6.42 Å². The van der Waals surface area contributed by atoms with Crippen molar-refractivity contribution in [2.75, 3.05) is 0 Å². The van der Waals surface area contributed by atoms with Gasteiger partial charge in [-0.3, -0.25) is 4.79 Å². The lowest BCUT2D eigenvalue weighted by Gasteiger charge is -2.29. The lowest BCUT2D eigenvalue weighted by molar-refractivity contribution is -0.137. The van der Waals surface area contributed by atoms with E-state index < -0.39 is 17.2 Å². The number of Topliss-reactive ketones (excluding diaryl/α,β-unsaturated/α-hetero) is 1. The minimum Gasteiger partial charge on any atom is -0.298 e. The van der Waals surface area contributed by atoms with E-state index in [1.54, 1.807) is 0 Å². The van der Waals surface area contributed by atoms with E-state index in [0.29, 0.717) is 18.4 Å². The molecule has 1 aromatic carbocycles. The summed E-state index contributed by atoms with van der Waals surface area (Å²) in [5.41, 5.74) is -1.51. The fraction of sp³-hybridized carbons (Fsp3) is 0.467. The maximum atomic E-state index is 12.7. The minimum atomic E-state index is -4.41. The van der Waals surface area contributed by atoms with E-state index in [9.17, 15) is 23.2 Å². The number of halogens is 3. The average Bonchev–Trinajstić information content (AvgIpc) is 2.41. The first-order valence-corrected chi connectivity index (χ1v) is 6.48. The van der Waals surface area contributed by atoms with Crippen molar-refractivity contribution in [3.8, 4) is 6.07 Å². The summed E-state index contributed by atoms with van der Waals surface area (Å²) in [5.74, 6) is -0.149. The van der Waals surface area contributed by atoms with Crippen molar-refractivity contribution in [3.63, 3.8) is 0 Å². The smallest absolute Gasteiger partial charge is 0.298 e. The SMILES string of the molecule is N#CC1(Cc2cccc(C(F)(F)F)c2)CCCCC1=O. The van der Waals surface area contributed by atoms with Gasteiger partial charge in [-0.25, -0.2) is 0 Å². The van der Waals surface area contributed by atoms with Crippen LogP contribution in [-0.4, -0.2) is 5.78 Å². The summed E-state index contributed by atoms with van der Waals surface area (Å²) in [6, 6.07) is 6.92. The number of carbonyl (C=O) groups excluding carboxylic acids is 1. The van der Waals surface area contributed by atoms with Crippen molar-refractivity contribution in [3.05, 3.63) is 35.4 Å². The second-order valence-corrected chi connectivity index (χ2v) is 5.20. The Morgan fingerprint density at radius 3 is 2.65 bits per heavy atom. The van der Waals surface area contributed by atoms with Gasteiger partial charge in [0.25, 0.3) is 0 Å². The highest BCUT2D eigenvalue weighted by Crippen LogP contribution is 2.37. The van der Waals surface area contributed by atoms with Gasteiger partial charge in [0.05, 0.1) is 11.6 Å². The Morgan fingerprint density at radius 2 is 2.05 bits per heavy atom. The van der Waals surface area contributed by atoms with Gasteiger partial charge in [-0.1, -0.05) is 24.6 Å². The third kappa shape index (κ3) is 2.84. The molecule has 0 spiro atoms. The third-order valence-electron chi connectivity index (χ3n) is 3.77. The topological polar surface area (TPSA) is 40.9 Å². The molecule has 0 bridgehead atoms. The fourth-order valence-electron chi connectivity index (χ4n) is 2.64. The largest absolute Gasteiger partial charge is 0.416 e. The quantitative estimate of drug-likeness (QED) is 0.824. The second-order valence-electron chi connectivity index (χ2n) is 5.20. The van der Waals surface area contributed by atoms with E-state index in [2.05, 4.69) is 0 Å². The Hall–Kier alpha value is -1.83.